The van der Waals surface area contributed by atoms with Crippen LogP contribution in [0.5, 0.6) is 11.5 Å². The number of Topliss-reactive ketones (excluding diaryl/α,β-unsaturated/α-hetero) is 2. The first-order valence-electron chi connectivity index (χ1n) is 9.85. The van der Waals surface area contributed by atoms with Crippen LogP contribution in [0.3, 0.4) is 0 Å². The van der Waals surface area contributed by atoms with Gasteiger partial charge in [0.1, 0.15) is 0 Å². The minimum absolute atomic E-state index is 0.0143. The van der Waals surface area contributed by atoms with E-state index in [0.717, 1.165) is 6.07 Å². The Labute approximate surface area is 188 Å². The highest BCUT2D eigenvalue weighted by molar-refractivity contribution is 6.41. The van der Waals surface area contributed by atoms with Crippen molar-refractivity contribution in [2.24, 2.45) is 0 Å². The summed E-state index contributed by atoms with van der Waals surface area (Å²) in [6.07, 6.45) is 1.46. The van der Waals surface area contributed by atoms with Crippen LogP contribution in [0.15, 0.2) is 66.2 Å². The van der Waals surface area contributed by atoms with Crippen molar-refractivity contribution in [1.82, 2.24) is 0 Å². The summed E-state index contributed by atoms with van der Waals surface area (Å²) < 4.78 is 10.7. The molecule has 8 nitrogen and oxygen atoms in total. The second-order valence-corrected chi connectivity index (χ2v) is 7.32. The van der Waals surface area contributed by atoms with E-state index in [4.69, 9.17) is 9.47 Å². The van der Waals surface area contributed by atoms with Crippen LogP contribution >= 0.6 is 0 Å². The fourth-order valence-electron chi connectivity index (χ4n) is 3.52. The van der Waals surface area contributed by atoms with Crippen molar-refractivity contribution in [2.75, 3.05) is 7.11 Å². The maximum absolute atomic E-state index is 12.6. The van der Waals surface area contributed by atoms with Gasteiger partial charge in [-0.1, -0.05) is 36.4 Å². The molecule has 0 radical (unpaired) electrons. The molecule has 0 aliphatic heterocycles. The number of methoxy groups -OCH3 is 1. The third-order valence-electron chi connectivity index (χ3n) is 5.25. The van der Waals surface area contributed by atoms with Crippen LogP contribution < -0.4 is 9.47 Å². The Kier molecular flexibility index (Phi) is 5.58. The number of nitro groups is 1. The number of ketones is 2. The van der Waals surface area contributed by atoms with Crippen LogP contribution in [0.25, 0.3) is 6.08 Å². The second kappa shape index (κ2) is 8.51. The molecule has 0 spiro atoms. The lowest BCUT2D eigenvalue weighted by Gasteiger charge is -2.10. The van der Waals surface area contributed by atoms with Crippen molar-refractivity contribution < 1.29 is 28.8 Å². The molecule has 0 amide bonds. The Morgan fingerprint density at radius 1 is 0.939 bits per heavy atom. The predicted octanol–water partition coefficient (Wildman–Crippen LogP) is 4.59. The number of hydrogen-bond acceptors (Lipinski definition) is 7. The molecule has 0 saturated heterocycles. The fraction of sp³-hybridized carbons (Fsp3) is 0.0800. The summed E-state index contributed by atoms with van der Waals surface area (Å²) in [5.74, 6) is -1.23. The molecule has 0 saturated carbocycles. The van der Waals surface area contributed by atoms with E-state index < -0.39 is 10.9 Å². The third-order valence-corrected chi connectivity index (χ3v) is 5.25. The standard InChI is InChI=1S/C25H17NO7/c1-14-7-9-16(13-20(14)26(30)31)25(29)33-21-10-8-15(12-22(21)32-2)11-19-23(27)17-5-3-4-6-18(17)24(19)28/h3-13H,1-2H3. The van der Waals surface area contributed by atoms with Gasteiger partial charge in [0.15, 0.2) is 23.1 Å². The van der Waals surface area contributed by atoms with E-state index in [1.165, 1.54) is 37.5 Å². The monoisotopic (exact) mass is 443 g/mol. The van der Waals surface area contributed by atoms with Crippen LogP contribution in [-0.4, -0.2) is 29.6 Å². The molecule has 1 aliphatic rings. The molecule has 3 aromatic carbocycles. The van der Waals surface area contributed by atoms with Gasteiger partial charge < -0.3 is 9.47 Å². The van der Waals surface area contributed by atoms with Gasteiger partial charge in [-0.05, 0) is 36.8 Å². The van der Waals surface area contributed by atoms with Gasteiger partial charge >= 0.3 is 5.97 Å². The molecule has 0 fully saturated rings. The molecule has 33 heavy (non-hydrogen) atoms. The van der Waals surface area contributed by atoms with Crippen molar-refractivity contribution in [3.63, 3.8) is 0 Å². The van der Waals surface area contributed by atoms with Crippen LogP contribution in [0.2, 0.25) is 0 Å². The lowest BCUT2D eigenvalue weighted by molar-refractivity contribution is -0.385. The van der Waals surface area contributed by atoms with Crippen LogP contribution in [0.1, 0.15) is 42.2 Å². The van der Waals surface area contributed by atoms with E-state index in [1.807, 2.05) is 0 Å². The number of esters is 1. The Balaban J connectivity index is 1.61. The average molecular weight is 443 g/mol. The van der Waals surface area contributed by atoms with Crippen molar-refractivity contribution in [3.05, 3.63) is 104 Å². The number of carbonyl (C=O) groups is 3. The number of nitrogens with zero attached hydrogens (tertiary/aromatic N) is 1. The predicted molar refractivity (Wildman–Crippen MR) is 119 cm³/mol. The van der Waals surface area contributed by atoms with Gasteiger partial charge in [0.05, 0.1) is 23.2 Å². The molecule has 0 heterocycles. The molecule has 4 rings (SSSR count). The number of ether oxygens (including phenoxy) is 2. The summed E-state index contributed by atoms with van der Waals surface area (Å²) in [6.45, 7) is 1.57. The number of nitro benzene ring substituents is 1. The van der Waals surface area contributed by atoms with E-state index in [-0.39, 0.29) is 39.9 Å². The zero-order valence-corrected chi connectivity index (χ0v) is 17.7. The van der Waals surface area contributed by atoms with Gasteiger partial charge in [-0.15, -0.1) is 0 Å². The van der Waals surface area contributed by atoms with Crippen molar-refractivity contribution in [3.8, 4) is 11.5 Å². The summed E-state index contributed by atoms with van der Waals surface area (Å²) in [7, 11) is 1.38. The van der Waals surface area contributed by atoms with Gasteiger partial charge in [-0.25, -0.2) is 4.79 Å². The smallest absolute Gasteiger partial charge is 0.343 e. The van der Waals surface area contributed by atoms with E-state index in [9.17, 15) is 24.5 Å². The highest BCUT2D eigenvalue weighted by Gasteiger charge is 2.32. The Bertz CT molecular complexity index is 1330. The summed E-state index contributed by atoms with van der Waals surface area (Å²) in [4.78, 5) is 48.3. The summed E-state index contributed by atoms with van der Waals surface area (Å²) in [5.41, 5.74) is 1.50. The summed E-state index contributed by atoms with van der Waals surface area (Å²) >= 11 is 0. The van der Waals surface area contributed by atoms with E-state index in [2.05, 4.69) is 0 Å². The zero-order valence-electron chi connectivity index (χ0n) is 17.7. The van der Waals surface area contributed by atoms with Gasteiger partial charge in [-0.3, -0.25) is 19.7 Å². The molecule has 8 heteroatoms. The number of fused-ring (bicyclic) bond motifs is 1. The number of allylic oxidation sites excluding steroid dienone is 1. The van der Waals surface area contributed by atoms with Gasteiger partial charge in [-0.2, -0.15) is 0 Å². The molecule has 1 aliphatic carbocycles. The Morgan fingerprint density at radius 2 is 1.61 bits per heavy atom. The minimum Gasteiger partial charge on any atom is -0.493 e. The maximum atomic E-state index is 12.6. The SMILES string of the molecule is COc1cc(C=C2C(=O)c3ccccc3C2=O)ccc1OC(=O)c1ccc(C)c([N+](=O)[O-])c1. The van der Waals surface area contributed by atoms with Gasteiger partial charge in [0.25, 0.3) is 5.69 Å². The van der Waals surface area contributed by atoms with Crippen LogP contribution in [0.4, 0.5) is 5.69 Å². The molecule has 164 valence electrons. The highest BCUT2D eigenvalue weighted by Crippen LogP contribution is 2.32. The first kappa shape index (κ1) is 21.6. The van der Waals surface area contributed by atoms with Crippen molar-refractivity contribution >= 4 is 29.3 Å². The van der Waals surface area contributed by atoms with E-state index in [1.54, 1.807) is 37.3 Å². The normalized spacial score (nSPS) is 12.4. The quantitative estimate of drug-likeness (QED) is 0.141. The van der Waals surface area contributed by atoms with E-state index >= 15 is 0 Å². The first-order chi connectivity index (χ1) is 15.8. The first-order valence-corrected chi connectivity index (χ1v) is 9.85. The number of rotatable bonds is 5. The zero-order chi connectivity index (χ0) is 23.7. The third kappa shape index (κ3) is 4.01. The number of benzene rings is 3. The number of carbonyl (C=O) groups excluding carboxylic acids is 3. The average Bonchev–Trinajstić information content (AvgIpc) is 3.05. The molecular formula is C25H17NO7. The summed E-state index contributed by atoms with van der Waals surface area (Å²) in [5, 5.41) is 11.1. The Hall–Kier alpha value is -4.59. The largest absolute Gasteiger partial charge is 0.493 e. The molecule has 0 unspecified atom stereocenters. The molecule has 0 N–H and O–H groups in total. The molecular weight excluding hydrogens is 426 g/mol. The second-order valence-electron chi connectivity index (χ2n) is 7.32. The maximum Gasteiger partial charge on any atom is 0.343 e. The Morgan fingerprint density at radius 3 is 2.21 bits per heavy atom. The summed E-state index contributed by atoms with van der Waals surface area (Å²) in [6, 6.07) is 15.2. The van der Waals surface area contributed by atoms with E-state index in [0.29, 0.717) is 22.3 Å². The van der Waals surface area contributed by atoms with Crippen LogP contribution in [-0.2, 0) is 0 Å². The van der Waals surface area contributed by atoms with Gasteiger partial charge in [0.2, 0.25) is 0 Å². The lowest BCUT2D eigenvalue weighted by Crippen LogP contribution is -2.10. The number of aryl methyl sites for hydroxylation is 1. The molecule has 0 bridgehead atoms. The highest BCUT2D eigenvalue weighted by atomic mass is 16.6. The van der Waals surface area contributed by atoms with Gasteiger partial charge in [0, 0.05) is 22.8 Å². The molecule has 0 aromatic heterocycles. The molecule has 0 atom stereocenters. The van der Waals surface area contributed by atoms with Crippen LogP contribution in [0, 0.1) is 17.0 Å². The molecule has 3 aromatic rings. The lowest BCUT2D eigenvalue weighted by atomic mass is 10.1. The number of hydrogen-bond donors (Lipinski definition) is 0. The van der Waals surface area contributed by atoms with Crippen molar-refractivity contribution in [1.29, 1.82) is 0 Å². The topological polar surface area (TPSA) is 113 Å². The van der Waals surface area contributed by atoms with Crippen molar-refractivity contribution in [2.45, 2.75) is 6.92 Å². The fourth-order valence-corrected chi connectivity index (χ4v) is 3.52. The minimum atomic E-state index is -0.792.